The van der Waals surface area contributed by atoms with Gasteiger partial charge >= 0.3 is 11.9 Å². The first-order valence-electron chi connectivity index (χ1n) is 6.45. The Balaban J connectivity index is 3.10. The number of nitrogens with zero attached hydrogens (tertiary/aromatic N) is 1. The second-order valence-corrected chi connectivity index (χ2v) is 4.34. The molecule has 6 heteroatoms. The maximum absolute atomic E-state index is 11.8. The number of carbonyl (C=O) groups excluding carboxylic acids is 1. The van der Waals surface area contributed by atoms with Gasteiger partial charge in [-0.1, -0.05) is 12.1 Å². The third-order valence-electron chi connectivity index (χ3n) is 3.02. The molecule has 2 atom stereocenters. The third-order valence-corrected chi connectivity index (χ3v) is 3.02. The van der Waals surface area contributed by atoms with Gasteiger partial charge in [-0.2, -0.15) is 5.26 Å². The van der Waals surface area contributed by atoms with E-state index < -0.39 is 23.8 Å². The van der Waals surface area contributed by atoms with Crippen molar-refractivity contribution in [2.45, 2.75) is 19.3 Å². The fraction of sp³-hybridized carbons (Fsp3) is 0.400. The number of hydrogen-bond acceptors (Lipinski definition) is 5. The molecule has 1 aromatic rings. The van der Waals surface area contributed by atoms with Crippen molar-refractivity contribution in [3.8, 4) is 11.8 Å². The standard InChI is InChI=1S/C15H17NO5/c1-3-21-15(19)13(9-16)12(8-14(17)18)10-4-6-11(20-2)7-5-10/h4-7,12-13H,3,8H2,1-2H3,(H,17,18). The Hall–Kier alpha value is -2.55. The zero-order valence-corrected chi connectivity index (χ0v) is 11.9. The number of ether oxygens (including phenoxy) is 2. The average molecular weight is 291 g/mol. The van der Waals surface area contributed by atoms with Gasteiger partial charge in [0.1, 0.15) is 5.75 Å². The predicted octanol–water partition coefficient (Wildman–Crippen LogP) is 1.96. The number of benzene rings is 1. The second-order valence-electron chi connectivity index (χ2n) is 4.34. The number of carboxylic acids is 1. The molecule has 0 heterocycles. The Bertz CT molecular complexity index is 532. The van der Waals surface area contributed by atoms with Gasteiger partial charge in [0.2, 0.25) is 0 Å². The Morgan fingerprint density at radius 3 is 2.38 bits per heavy atom. The summed E-state index contributed by atoms with van der Waals surface area (Å²) < 4.78 is 9.87. The highest BCUT2D eigenvalue weighted by molar-refractivity contribution is 5.78. The van der Waals surface area contributed by atoms with Crippen LogP contribution in [-0.4, -0.2) is 30.8 Å². The summed E-state index contributed by atoms with van der Waals surface area (Å²) in [6.07, 6.45) is -0.330. The lowest BCUT2D eigenvalue weighted by Gasteiger charge is -2.19. The fourth-order valence-corrected chi connectivity index (χ4v) is 2.01. The minimum Gasteiger partial charge on any atom is -0.497 e. The molecule has 0 saturated heterocycles. The first-order valence-corrected chi connectivity index (χ1v) is 6.45. The van der Waals surface area contributed by atoms with Gasteiger partial charge in [0.25, 0.3) is 0 Å². The molecule has 0 aliphatic rings. The van der Waals surface area contributed by atoms with Crippen LogP contribution in [0, 0.1) is 17.2 Å². The minimum absolute atomic E-state index is 0.138. The first-order chi connectivity index (χ1) is 10.0. The van der Waals surface area contributed by atoms with E-state index in [9.17, 15) is 14.9 Å². The quantitative estimate of drug-likeness (QED) is 0.771. The van der Waals surface area contributed by atoms with E-state index in [1.54, 1.807) is 31.2 Å². The molecule has 2 unspecified atom stereocenters. The number of methoxy groups -OCH3 is 1. The summed E-state index contributed by atoms with van der Waals surface area (Å²) in [6, 6.07) is 8.46. The number of rotatable bonds is 7. The van der Waals surface area contributed by atoms with E-state index in [4.69, 9.17) is 14.6 Å². The summed E-state index contributed by atoms with van der Waals surface area (Å²) in [6.45, 7) is 1.77. The van der Waals surface area contributed by atoms with E-state index in [0.717, 1.165) is 0 Å². The molecule has 0 amide bonds. The van der Waals surface area contributed by atoms with E-state index in [1.165, 1.54) is 7.11 Å². The third kappa shape index (κ3) is 4.49. The highest BCUT2D eigenvalue weighted by Gasteiger charge is 2.32. The summed E-state index contributed by atoms with van der Waals surface area (Å²) in [5.41, 5.74) is 0.581. The van der Waals surface area contributed by atoms with Gasteiger partial charge in [0.05, 0.1) is 26.2 Å². The molecule has 0 radical (unpaired) electrons. The maximum Gasteiger partial charge on any atom is 0.323 e. The van der Waals surface area contributed by atoms with Gasteiger partial charge in [-0.15, -0.1) is 0 Å². The van der Waals surface area contributed by atoms with Crippen LogP contribution in [-0.2, 0) is 14.3 Å². The summed E-state index contributed by atoms with van der Waals surface area (Å²) in [5.74, 6) is -3.10. The van der Waals surface area contributed by atoms with E-state index in [2.05, 4.69) is 0 Å². The molecule has 0 bridgehead atoms. The molecule has 21 heavy (non-hydrogen) atoms. The van der Waals surface area contributed by atoms with Gasteiger partial charge in [-0.25, -0.2) is 0 Å². The Morgan fingerprint density at radius 1 is 1.33 bits per heavy atom. The largest absolute Gasteiger partial charge is 0.497 e. The number of hydrogen-bond donors (Lipinski definition) is 1. The molecule has 0 fully saturated rings. The minimum atomic E-state index is -1.16. The van der Waals surface area contributed by atoms with Crippen molar-refractivity contribution in [3.05, 3.63) is 29.8 Å². The molecule has 0 aliphatic carbocycles. The fourth-order valence-electron chi connectivity index (χ4n) is 2.01. The van der Waals surface area contributed by atoms with Gasteiger partial charge in [-0.05, 0) is 24.6 Å². The number of aliphatic carboxylic acids is 1. The molecule has 0 spiro atoms. The van der Waals surface area contributed by atoms with Crippen molar-refractivity contribution in [1.29, 1.82) is 5.26 Å². The number of esters is 1. The second kappa shape index (κ2) is 7.90. The molecule has 0 aliphatic heterocycles. The molecule has 1 aromatic carbocycles. The molecule has 6 nitrogen and oxygen atoms in total. The zero-order valence-electron chi connectivity index (χ0n) is 11.9. The summed E-state index contributed by atoms with van der Waals surface area (Å²) in [5, 5.41) is 18.2. The Kier molecular flexibility index (Phi) is 6.21. The van der Waals surface area contributed by atoms with Gasteiger partial charge in [-0.3, -0.25) is 9.59 Å². The van der Waals surface area contributed by atoms with Crippen LogP contribution in [0.2, 0.25) is 0 Å². The normalized spacial score (nSPS) is 12.8. The monoisotopic (exact) mass is 291 g/mol. The highest BCUT2D eigenvalue weighted by Crippen LogP contribution is 2.30. The molecular formula is C15H17NO5. The Morgan fingerprint density at radius 2 is 1.95 bits per heavy atom. The molecule has 0 aromatic heterocycles. The van der Waals surface area contributed by atoms with E-state index in [-0.39, 0.29) is 13.0 Å². The number of carbonyl (C=O) groups is 2. The average Bonchev–Trinajstić information content (AvgIpc) is 2.47. The van der Waals surface area contributed by atoms with Crippen molar-refractivity contribution in [3.63, 3.8) is 0 Å². The lowest BCUT2D eigenvalue weighted by molar-refractivity contribution is -0.147. The summed E-state index contributed by atoms with van der Waals surface area (Å²) >= 11 is 0. The molecular weight excluding hydrogens is 274 g/mol. The smallest absolute Gasteiger partial charge is 0.323 e. The van der Waals surface area contributed by atoms with Crippen molar-refractivity contribution in [2.75, 3.05) is 13.7 Å². The van der Waals surface area contributed by atoms with Crippen LogP contribution in [0.1, 0.15) is 24.8 Å². The van der Waals surface area contributed by atoms with E-state index in [0.29, 0.717) is 11.3 Å². The molecule has 1 rings (SSSR count). The highest BCUT2D eigenvalue weighted by atomic mass is 16.5. The van der Waals surface area contributed by atoms with Crippen molar-refractivity contribution < 1.29 is 24.2 Å². The summed E-state index contributed by atoms with van der Waals surface area (Å²) in [7, 11) is 1.51. The van der Waals surface area contributed by atoms with Gasteiger partial charge < -0.3 is 14.6 Å². The van der Waals surface area contributed by atoms with Gasteiger partial charge in [0.15, 0.2) is 5.92 Å². The van der Waals surface area contributed by atoms with Crippen molar-refractivity contribution in [2.24, 2.45) is 5.92 Å². The Labute approximate surface area is 122 Å². The van der Waals surface area contributed by atoms with Crippen LogP contribution < -0.4 is 4.74 Å². The number of nitriles is 1. The lowest BCUT2D eigenvalue weighted by Crippen LogP contribution is -2.25. The van der Waals surface area contributed by atoms with Crippen molar-refractivity contribution >= 4 is 11.9 Å². The van der Waals surface area contributed by atoms with Crippen LogP contribution in [0.15, 0.2) is 24.3 Å². The maximum atomic E-state index is 11.8. The molecule has 0 saturated carbocycles. The predicted molar refractivity (Wildman–Crippen MR) is 73.7 cm³/mol. The van der Waals surface area contributed by atoms with Crippen LogP contribution in [0.3, 0.4) is 0 Å². The van der Waals surface area contributed by atoms with Gasteiger partial charge in [0, 0.05) is 5.92 Å². The van der Waals surface area contributed by atoms with Crippen molar-refractivity contribution in [1.82, 2.24) is 0 Å². The molecule has 1 N–H and O–H groups in total. The topological polar surface area (TPSA) is 96.6 Å². The van der Waals surface area contributed by atoms with Crippen LogP contribution in [0.5, 0.6) is 5.75 Å². The number of carboxylic acid groups (broad SMARTS) is 1. The van der Waals surface area contributed by atoms with E-state index in [1.807, 2.05) is 6.07 Å². The van der Waals surface area contributed by atoms with E-state index >= 15 is 0 Å². The van der Waals surface area contributed by atoms with Crippen LogP contribution in [0.25, 0.3) is 0 Å². The van der Waals surface area contributed by atoms with Crippen LogP contribution in [0.4, 0.5) is 0 Å². The first kappa shape index (κ1) is 16.5. The lowest BCUT2D eigenvalue weighted by atomic mass is 9.84. The summed E-state index contributed by atoms with van der Waals surface area (Å²) in [4.78, 5) is 22.9. The zero-order chi connectivity index (χ0) is 15.8. The SMILES string of the molecule is CCOC(=O)C(C#N)C(CC(=O)O)c1ccc(OC)cc1. The molecule has 112 valence electrons. The van der Waals surface area contributed by atoms with Crippen LogP contribution >= 0.6 is 0 Å².